The molecule has 0 atom stereocenters. The molecule has 0 bridgehead atoms. The Morgan fingerprint density at radius 2 is 2.33 bits per heavy atom. The van der Waals surface area contributed by atoms with Gasteiger partial charge in [0, 0.05) is 0 Å². The van der Waals surface area contributed by atoms with Crippen molar-refractivity contribution in [1.82, 2.24) is 5.06 Å². The molecule has 9 heavy (non-hydrogen) atoms. The van der Waals surface area contributed by atoms with E-state index in [0.29, 0.717) is 5.06 Å². The molecule has 0 aromatic heterocycles. The molecule has 0 rings (SSSR count). The van der Waals surface area contributed by atoms with Crippen LogP contribution in [0.15, 0.2) is 0 Å². The Morgan fingerprint density at radius 3 is 2.67 bits per heavy atom. The van der Waals surface area contributed by atoms with Crippen LogP contribution in [0.3, 0.4) is 0 Å². The summed E-state index contributed by atoms with van der Waals surface area (Å²) in [4.78, 5) is 14.1. The van der Waals surface area contributed by atoms with E-state index in [-0.39, 0.29) is 13.2 Å². The maximum Gasteiger partial charge on any atom is 0.338 e. The average Bonchev–Trinajstić information content (AvgIpc) is 1.82. The monoisotopic (exact) mass is 135 g/mol. The van der Waals surface area contributed by atoms with Gasteiger partial charge in [-0.05, 0) is 0 Å². The van der Waals surface area contributed by atoms with Crippen molar-refractivity contribution < 1.29 is 14.8 Å². The van der Waals surface area contributed by atoms with Gasteiger partial charge in [0.1, 0.15) is 0 Å². The predicted octanol–water partition coefficient (Wildman–Crippen LogP) is -1.35. The molecule has 0 aromatic carbocycles. The number of carbonyl (C=O) groups excluding carboxylic acids is 1. The number of amides is 2. The van der Waals surface area contributed by atoms with E-state index < -0.39 is 6.03 Å². The van der Waals surface area contributed by atoms with Crippen LogP contribution in [0.2, 0.25) is 0 Å². The highest BCUT2D eigenvalue weighted by Gasteiger charge is 2.02. The number of urea groups is 1. The first-order valence-electron chi connectivity index (χ1n) is 2.26. The van der Waals surface area contributed by atoms with Crippen molar-refractivity contribution in [3.05, 3.63) is 0 Å². The maximum absolute atomic E-state index is 10.0. The molecule has 54 valence electrons. The highest BCUT2D eigenvalue weighted by Crippen LogP contribution is 1.77. The average molecular weight is 135 g/mol. The highest BCUT2D eigenvalue weighted by atomic mass is 16.6. The van der Waals surface area contributed by atoms with Crippen molar-refractivity contribution in [2.45, 2.75) is 0 Å². The van der Waals surface area contributed by atoms with E-state index in [4.69, 9.17) is 5.21 Å². The van der Waals surface area contributed by atoms with Crippen molar-refractivity contribution in [3.8, 4) is 0 Å². The minimum absolute atomic E-state index is 0.0220. The molecule has 6 nitrogen and oxygen atoms in total. The molecule has 0 aliphatic rings. The van der Waals surface area contributed by atoms with Crippen molar-refractivity contribution >= 4 is 6.03 Å². The SMILES string of the molecule is NOCCN(O)C(N)=O. The van der Waals surface area contributed by atoms with Gasteiger partial charge in [0.05, 0.1) is 13.2 Å². The van der Waals surface area contributed by atoms with Crippen LogP contribution in [0, 0.1) is 0 Å². The Labute approximate surface area is 51.9 Å². The zero-order chi connectivity index (χ0) is 7.28. The molecule has 0 fully saturated rings. The summed E-state index contributed by atoms with van der Waals surface area (Å²) in [5.41, 5.74) is 4.62. The van der Waals surface area contributed by atoms with Crippen LogP contribution in [0.1, 0.15) is 0 Å². The molecule has 0 unspecified atom stereocenters. The molecule has 0 aromatic rings. The summed E-state index contributed by atoms with van der Waals surface area (Å²) in [6.07, 6.45) is 0. The van der Waals surface area contributed by atoms with Gasteiger partial charge in [-0.2, -0.15) is 0 Å². The van der Waals surface area contributed by atoms with Crippen LogP contribution >= 0.6 is 0 Å². The number of nitrogens with two attached hydrogens (primary N) is 2. The minimum atomic E-state index is -0.924. The first-order chi connectivity index (χ1) is 4.18. The lowest BCUT2D eigenvalue weighted by molar-refractivity contribution is -0.0567. The smallest absolute Gasteiger partial charge is 0.338 e. The van der Waals surface area contributed by atoms with Gasteiger partial charge in [-0.15, -0.1) is 0 Å². The molecule has 0 spiro atoms. The van der Waals surface area contributed by atoms with Crippen LogP contribution in [0.5, 0.6) is 0 Å². The Morgan fingerprint density at radius 1 is 1.78 bits per heavy atom. The quantitative estimate of drug-likeness (QED) is 0.328. The van der Waals surface area contributed by atoms with E-state index in [9.17, 15) is 4.79 Å². The van der Waals surface area contributed by atoms with Gasteiger partial charge in [0.2, 0.25) is 0 Å². The molecule has 0 saturated carbocycles. The van der Waals surface area contributed by atoms with Crippen molar-refractivity contribution in [1.29, 1.82) is 0 Å². The number of hydrogen-bond donors (Lipinski definition) is 3. The number of primary amides is 1. The third-order valence-electron chi connectivity index (χ3n) is 0.675. The Balaban J connectivity index is 3.27. The first-order valence-corrected chi connectivity index (χ1v) is 2.26. The lowest BCUT2D eigenvalue weighted by atomic mass is 10.7. The van der Waals surface area contributed by atoms with Gasteiger partial charge >= 0.3 is 6.03 Å². The standard InChI is InChI=1S/C3H9N3O3/c4-3(7)6(8)1-2-9-5/h8H,1-2,5H2,(H2,4,7). The van der Waals surface area contributed by atoms with Gasteiger partial charge in [0.15, 0.2) is 0 Å². The third-order valence-corrected chi connectivity index (χ3v) is 0.675. The fourth-order valence-corrected chi connectivity index (χ4v) is 0.249. The number of rotatable bonds is 3. The molecule has 0 saturated heterocycles. The van der Waals surface area contributed by atoms with Gasteiger partial charge < -0.3 is 10.6 Å². The molecule has 0 aliphatic heterocycles. The van der Waals surface area contributed by atoms with E-state index >= 15 is 0 Å². The summed E-state index contributed by atoms with van der Waals surface area (Å²) in [6.45, 7) is 0.0330. The second-order valence-electron chi connectivity index (χ2n) is 1.33. The summed E-state index contributed by atoms with van der Waals surface area (Å²) in [5, 5.41) is 8.79. The summed E-state index contributed by atoms with van der Waals surface area (Å²) in [5.74, 6) is 4.59. The number of nitrogens with zero attached hydrogens (tertiary/aromatic N) is 1. The van der Waals surface area contributed by atoms with Crippen LogP contribution in [-0.2, 0) is 4.84 Å². The molecule has 0 aliphatic carbocycles. The third kappa shape index (κ3) is 3.71. The number of hydroxylamine groups is 2. The molecule has 6 heteroatoms. The largest absolute Gasteiger partial charge is 0.350 e. The Kier molecular flexibility index (Phi) is 3.69. The topological polar surface area (TPSA) is 102 Å². The predicted molar refractivity (Wildman–Crippen MR) is 28.2 cm³/mol. The summed E-state index contributed by atoms with van der Waals surface area (Å²) in [6, 6.07) is -0.924. The zero-order valence-corrected chi connectivity index (χ0v) is 4.78. The summed E-state index contributed by atoms with van der Waals surface area (Å²) in [7, 11) is 0. The fraction of sp³-hybridized carbons (Fsp3) is 0.667. The van der Waals surface area contributed by atoms with Crippen LogP contribution in [-0.4, -0.2) is 29.5 Å². The molecule has 2 amide bonds. The second kappa shape index (κ2) is 4.07. The molecule has 0 heterocycles. The van der Waals surface area contributed by atoms with Crippen molar-refractivity contribution in [3.63, 3.8) is 0 Å². The number of carbonyl (C=O) groups is 1. The van der Waals surface area contributed by atoms with Gasteiger partial charge in [-0.25, -0.2) is 15.8 Å². The molecular formula is C3H9N3O3. The van der Waals surface area contributed by atoms with E-state index in [2.05, 4.69) is 16.5 Å². The number of hydrogen-bond acceptors (Lipinski definition) is 4. The highest BCUT2D eigenvalue weighted by molar-refractivity contribution is 5.70. The molecular weight excluding hydrogens is 126 g/mol. The van der Waals surface area contributed by atoms with Gasteiger partial charge in [-0.3, -0.25) is 5.21 Å². The fourth-order valence-electron chi connectivity index (χ4n) is 0.249. The van der Waals surface area contributed by atoms with Crippen molar-refractivity contribution in [2.24, 2.45) is 11.6 Å². The van der Waals surface area contributed by atoms with Gasteiger partial charge in [0.25, 0.3) is 0 Å². The van der Waals surface area contributed by atoms with E-state index in [1.54, 1.807) is 0 Å². The Hall–Kier alpha value is -0.850. The summed E-state index contributed by atoms with van der Waals surface area (Å²) >= 11 is 0. The Bertz CT molecular complexity index is 96.3. The lowest BCUT2D eigenvalue weighted by Crippen LogP contribution is -2.35. The van der Waals surface area contributed by atoms with E-state index in [0.717, 1.165) is 0 Å². The normalized spacial score (nSPS) is 9.11. The molecule has 0 radical (unpaired) electrons. The minimum Gasteiger partial charge on any atom is -0.350 e. The lowest BCUT2D eigenvalue weighted by Gasteiger charge is -2.09. The first kappa shape index (κ1) is 8.15. The van der Waals surface area contributed by atoms with Crippen LogP contribution in [0.4, 0.5) is 4.79 Å². The summed E-state index contributed by atoms with van der Waals surface area (Å²) < 4.78 is 0. The van der Waals surface area contributed by atoms with E-state index in [1.807, 2.05) is 0 Å². The zero-order valence-electron chi connectivity index (χ0n) is 4.78. The van der Waals surface area contributed by atoms with Crippen LogP contribution < -0.4 is 11.6 Å². The van der Waals surface area contributed by atoms with Gasteiger partial charge in [-0.1, -0.05) is 0 Å². The maximum atomic E-state index is 10.0. The molecule has 5 N–H and O–H groups in total. The van der Waals surface area contributed by atoms with Crippen LogP contribution in [0.25, 0.3) is 0 Å². The van der Waals surface area contributed by atoms with Crippen molar-refractivity contribution in [2.75, 3.05) is 13.2 Å². The van der Waals surface area contributed by atoms with E-state index in [1.165, 1.54) is 0 Å². The second-order valence-corrected chi connectivity index (χ2v) is 1.33.